The lowest BCUT2D eigenvalue weighted by Crippen LogP contribution is -2.55. The summed E-state index contributed by atoms with van der Waals surface area (Å²) in [5.41, 5.74) is 18.4. The Kier molecular flexibility index (Phi) is 12.7. The number of ether oxygens (including phenoxy) is 1. The van der Waals surface area contributed by atoms with E-state index < -0.39 is 47.8 Å². The Hall–Kier alpha value is -3.96. The molecule has 38 heavy (non-hydrogen) atoms. The quantitative estimate of drug-likeness (QED) is 0.0553. The molecule has 2 aromatic rings. The number of carbonyl (C=O) groups is 4. The summed E-state index contributed by atoms with van der Waals surface area (Å²) in [5, 5.41) is 5.27. The molecule has 0 fully saturated rings. The van der Waals surface area contributed by atoms with Crippen LogP contribution in [0.4, 0.5) is 0 Å². The molecule has 11 nitrogen and oxygen atoms in total. The summed E-state index contributed by atoms with van der Waals surface area (Å²) in [5.74, 6) is -3.79. The number of aliphatic imine (C=N–C) groups is 1. The first-order valence-corrected chi connectivity index (χ1v) is 12.5. The van der Waals surface area contributed by atoms with Crippen LogP contribution in [0, 0.1) is 0 Å². The number of nitrogens with zero attached hydrogens (tertiary/aromatic N) is 1. The van der Waals surface area contributed by atoms with Crippen LogP contribution in [0.2, 0.25) is 0 Å². The van der Waals surface area contributed by atoms with Gasteiger partial charge in [0.15, 0.2) is 5.96 Å². The van der Waals surface area contributed by atoms with Crippen molar-refractivity contribution in [3.8, 4) is 0 Å². The monoisotopic (exact) mass is 544 g/mol. The zero-order valence-electron chi connectivity index (χ0n) is 20.8. The molecule has 2 aromatic carbocycles. The fourth-order valence-electron chi connectivity index (χ4n) is 3.53. The molecular formula is C26H33ClN6O5. The van der Waals surface area contributed by atoms with E-state index in [9.17, 15) is 19.2 Å². The highest BCUT2D eigenvalue weighted by atomic mass is 35.5. The molecule has 0 saturated heterocycles. The van der Waals surface area contributed by atoms with Gasteiger partial charge in [-0.25, -0.2) is 4.79 Å². The Labute approximate surface area is 226 Å². The molecular weight excluding hydrogens is 512 g/mol. The lowest BCUT2D eigenvalue weighted by Gasteiger charge is -2.24. The highest BCUT2D eigenvalue weighted by Gasteiger charge is 2.30. The van der Waals surface area contributed by atoms with Gasteiger partial charge in [-0.2, -0.15) is 0 Å². The van der Waals surface area contributed by atoms with Crippen molar-refractivity contribution in [2.24, 2.45) is 22.2 Å². The average molecular weight is 545 g/mol. The molecule has 0 aromatic heterocycles. The number of rotatable bonds is 14. The second kappa shape index (κ2) is 16.0. The van der Waals surface area contributed by atoms with Gasteiger partial charge >= 0.3 is 11.9 Å². The summed E-state index contributed by atoms with van der Waals surface area (Å²) in [7, 11) is 0. The van der Waals surface area contributed by atoms with Gasteiger partial charge in [0.25, 0.3) is 0 Å². The third-order valence-electron chi connectivity index (χ3n) is 5.42. The minimum absolute atomic E-state index is 0.0659. The van der Waals surface area contributed by atoms with Crippen LogP contribution in [-0.2, 0) is 36.8 Å². The fourth-order valence-corrected chi connectivity index (χ4v) is 3.59. The Bertz CT molecular complexity index is 1100. The molecule has 0 saturated carbocycles. The number of hydrogen-bond donors (Lipinski definition) is 5. The number of halogens is 1. The van der Waals surface area contributed by atoms with E-state index in [4.69, 9.17) is 33.5 Å². The molecule has 0 radical (unpaired) electrons. The lowest BCUT2D eigenvalue weighted by atomic mass is 10.0. The molecule has 2 amide bonds. The number of hydrogen-bond acceptors (Lipinski definition) is 7. The number of nitrogens with one attached hydrogen (secondary N) is 2. The SMILES string of the molecule is NC(N)=NCCC[C@H](NC(=O)[C@H](Cc1ccccc1)NC(=O)[C@H](N)Cc1ccccc1)C(=O)OC(=O)CCl. The third-order valence-corrected chi connectivity index (χ3v) is 5.64. The number of benzene rings is 2. The molecule has 3 atom stereocenters. The standard InChI is InChI=1S/C26H33ClN6O5/c27-16-22(34)38-25(37)20(12-7-13-31-26(29)30)32-24(36)21(15-18-10-5-2-6-11-18)33-23(35)19(28)14-17-8-3-1-4-9-17/h1-6,8-11,19-21H,7,12-16,28H2,(H,32,36)(H,33,35)(H4,29,30,31)/t19-,20+,21+/m1/s1. The lowest BCUT2D eigenvalue weighted by molar-refractivity contribution is -0.160. The molecule has 0 spiro atoms. The zero-order valence-corrected chi connectivity index (χ0v) is 21.6. The zero-order chi connectivity index (χ0) is 27.9. The van der Waals surface area contributed by atoms with Crippen LogP contribution < -0.4 is 27.8 Å². The van der Waals surface area contributed by atoms with Gasteiger partial charge in [-0.1, -0.05) is 60.7 Å². The molecule has 8 N–H and O–H groups in total. The van der Waals surface area contributed by atoms with Crippen molar-refractivity contribution in [3.63, 3.8) is 0 Å². The Balaban J connectivity index is 2.17. The molecule has 0 heterocycles. The van der Waals surface area contributed by atoms with E-state index in [0.29, 0.717) is 6.42 Å². The predicted octanol–water partition coefficient (Wildman–Crippen LogP) is 0.131. The third kappa shape index (κ3) is 11.0. The highest BCUT2D eigenvalue weighted by molar-refractivity contribution is 6.27. The maximum atomic E-state index is 13.3. The molecule has 2 rings (SSSR count). The molecule has 12 heteroatoms. The van der Waals surface area contributed by atoms with Gasteiger partial charge < -0.3 is 32.6 Å². The van der Waals surface area contributed by atoms with Crippen molar-refractivity contribution in [1.29, 1.82) is 0 Å². The Morgan fingerprint density at radius 1 is 0.842 bits per heavy atom. The van der Waals surface area contributed by atoms with Gasteiger partial charge in [-0.3, -0.25) is 19.4 Å². The van der Waals surface area contributed by atoms with Crippen molar-refractivity contribution in [1.82, 2.24) is 10.6 Å². The molecule has 0 aliphatic heterocycles. The van der Waals surface area contributed by atoms with E-state index in [2.05, 4.69) is 15.6 Å². The van der Waals surface area contributed by atoms with Gasteiger partial charge in [0, 0.05) is 13.0 Å². The highest BCUT2D eigenvalue weighted by Crippen LogP contribution is 2.08. The molecule has 0 aliphatic rings. The van der Waals surface area contributed by atoms with Crippen molar-refractivity contribution >= 4 is 41.3 Å². The minimum atomic E-state index is -1.21. The van der Waals surface area contributed by atoms with E-state index in [1.165, 1.54) is 0 Å². The van der Waals surface area contributed by atoms with Crippen LogP contribution in [0.25, 0.3) is 0 Å². The summed E-state index contributed by atoms with van der Waals surface area (Å²) in [6.45, 7) is 0.184. The van der Waals surface area contributed by atoms with E-state index in [1.54, 1.807) is 24.3 Å². The van der Waals surface area contributed by atoms with Gasteiger partial charge in [0.05, 0.1) is 6.04 Å². The Morgan fingerprint density at radius 3 is 1.95 bits per heavy atom. The molecule has 0 bridgehead atoms. The van der Waals surface area contributed by atoms with Crippen LogP contribution in [0.5, 0.6) is 0 Å². The van der Waals surface area contributed by atoms with Crippen LogP contribution in [0.1, 0.15) is 24.0 Å². The van der Waals surface area contributed by atoms with Gasteiger partial charge in [0.1, 0.15) is 18.0 Å². The maximum absolute atomic E-state index is 13.3. The number of amides is 2. The van der Waals surface area contributed by atoms with Gasteiger partial charge in [0.2, 0.25) is 11.8 Å². The number of guanidine groups is 1. The molecule has 204 valence electrons. The molecule has 0 unspecified atom stereocenters. The predicted molar refractivity (Wildman–Crippen MR) is 144 cm³/mol. The normalized spacial score (nSPS) is 12.9. The largest absolute Gasteiger partial charge is 0.391 e. The van der Waals surface area contributed by atoms with Crippen molar-refractivity contribution < 1.29 is 23.9 Å². The van der Waals surface area contributed by atoms with Crippen LogP contribution in [0.15, 0.2) is 65.7 Å². The summed E-state index contributed by atoms with van der Waals surface area (Å²) >= 11 is 5.43. The number of carbonyl (C=O) groups excluding carboxylic acids is 4. The van der Waals surface area contributed by atoms with E-state index in [-0.39, 0.29) is 31.8 Å². The smallest absolute Gasteiger partial charge is 0.336 e. The summed E-state index contributed by atoms with van der Waals surface area (Å²) in [6, 6.07) is 15.1. The second-order valence-electron chi connectivity index (χ2n) is 8.48. The fraction of sp³-hybridized carbons (Fsp3) is 0.346. The average Bonchev–Trinajstić information content (AvgIpc) is 2.90. The summed E-state index contributed by atoms with van der Waals surface area (Å²) in [4.78, 5) is 54.2. The first-order chi connectivity index (χ1) is 18.2. The first-order valence-electron chi connectivity index (χ1n) is 12.0. The van der Waals surface area contributed by atoms with Crippen LogP contribution in [0.3, 0.4) is 0 Å². The number of nitrogens with two attached hydrogens (primary N) is 3. The van der Waals surface area contributed by atoms with E-state index >= 15 is 0 Å². The van der Waals surface area contributed by atoms with Gasteiger partial charge in [-0.15, -0.1) is 11.6 Å². The van der Waals surface area contributed by atoms with Crippen molar-refractivity contribution in [3.05, 3.63) is 71.8 Å². The maximum Gasteiger partial charge on any atom is 0.336 e. The minimum Gasteiger partial charge on any atom is -0.391 e. The van der Waals surface area contributed by atoms with Crippen molar-refractivity contribution in [2.45, 2.75) is 43.8 Å². The topological polar surface area (TPSA) is 192 Å². The Morgan fingerprint density at radius 2 is 1.39 bits per heavy atom. The van der Waals surface area contributed by atoms with E-state index in [0.717, 1.165) is 11.1 Å². The van der Waals surface area contributed by atoms with Gasteiger partial charge in [-0.05, 0) is 30.4 Å². The first kappa shape index (κ1) is 30.3. The van der Waals surface area contributed by atoms with E-state index in [1.807, 2.05) is 36.4 Å². The number of alkyl halides is 1. The second-order valence-corrected chi connectivity index (χ2v) is 8.75. The summed E-state index contributed by atoms with van der Waals surface area (Å²) in [6.07, 6.45) is 0.764. The molecule has 0 aliphatic carbocycles. The van der Waals surface area contributed by atoms with Crippen molar-refractivity contribution in [2.75, 3.05) is 12.4 Å². The number of esters is 2. The summed E-state index contributed by atoms with van der Waals surface area (Å²) < 4.78 is 4.71. The van der Waals surface area contributed by atoms with Crippen LogP contribution >= 0.6 is 11.6 Å². The van der Waals surface area contributed by atoms with Crippen LogP contribution in [-0.4, -0.2) is 60.3 Å².